The van der Waals surface area contributed by atoms with E-state index in [2.05, 4.69) is 35.3 Å². The van der Waals surface area contributed by atoms with E-state index in [0.29, 0.717) is 0 Å². The lowest BCUT2D eigenvalue weighted by molar-refractivity contribution is 0.183. The van der Waals surface area contributed by atoms with Crippen LogP contribution in [0, 0.1) is 5.92 Å². The molecular weight excluding hydrogens is 212 g/mol. The Morgan fingerprint density at radius 1 is 1.35 bits per heavy atom. The van der Waals surface area contributed by atoms with Crippen molar-refractivity contribution in [1.82, 2.24) is 19.9 Å². The van der Waals surface area contributed by atoms with Gasteiger partial charge >= 0.3 is 0 Å². The number of likely N-dealkylation sites (tertiary alicyclic amines) is 1. The molecule has 0 aromatic carbocycles. The fraction of sp³-hybridized carbons (Fsp3) is 0.846. The Labute approximate surface area is 104 Å². The van der Waals surface area contributed by atoms with Gasteiger partial charge in [-0.05, 0) is 38.3 Å². The first-order valence-corrected chi connectivity index (χ1v) is 6.89. The first-order valence-electron chi connectivity index (χ1n) is 6.89. The highest BCUT2D eigenvalue weighted by Gasteiger charge is 2.16. The largest absolute Gasteiger partial charge is 0.297 e. The zero-order chi connectivity index (χ0) is 12.1. The molecule has 1 aliphatic rings. The molecule has 0 N–H and O–H groups in total. The molecule has 1 aromatic rings. The van der Waals surface area contributed by atoms with Crippen molar-refractivity contribution in [1.29, 1.82) is 0 Å². The predicted molar refractivity (Wildman–Crippen MR) is 68.6 cm³/mol. The third kappa shape index (κ3) is 3.80. The van der Waals surface area contributed by atoms with Gasteiger partial charge in [-0.2, -0.15) is 0 Å². The normalized spacial score (nSPS) is 18.7. The van der Waals surface area contributed by atoms with E-state index < -0.39 is 0 Å². The van der Waals surface area contributed by atoms with Gasteiger partial charge in [0.15, 0.2) is 0 Å². The topological polar surface area (TPSA) is 34.0 Å². The maximum absolute atomic E-state index is 4.25. The molecule has 1 saturated heterocycles. The molecule has 4 nitrogen and oxygen atoms in total. The maximum atomic E-state index is 4.25. The summed E-state index contributed by atoms with van der Waals surface area (Å²) in [6.45, 7) is 8.94. The monoisotopic (exact) mass is 236 g/mol. The van der Waals surface area contributed by atoms with Gasteiger partial charge in [-0.15, -0.1) is 5.10 Å². The van der Waals surface area contributed by atoms with Crippen LogP contribution in [0.2, 0.25) is 0 Å². The van der Waals surface area contributed by atoms with Crippen LogP contribution in [0.15, 0.2) is 6.20 Å². The Morgan fingerprint density at radius 3 is 2.82 bits per heavy atom. The number of aromatic nitrogens is 3. The molecule has 0 saturated carbocycles. The number of rotatable bonds is 5. The number of hydrogen-bond donors (Lipinski definition) is 0. The van der Waals surface area contributed by atoms with Gasteiger partial charge in [0.2, 0.25) is 0 Å². The zero-order valence-electron chi connectivity index (χ0n) is 11.1. The third-order valence-electron chi connectivity index (χ3n) is 3.59. The van der Waals surface area contributed by atoms with Gasteiger partial charge in [-0.1, -0.05) is 25.5 Å². The molecule has 1 aliphatic heterocycles. The molecule has 96 valence electrons. The number of hydrogen-bond acceptors (Lipinski definition) is 3. The first-order chi connectivity index (χ1) is 8.28. The predicted octanol–water partition coefficient (Wildman–Crippen LogP) is 2.31. The maximum Gasteiger partial charge on any atom is 0.0967 e. The molecule has 1 fully saturated rings. The van der Waals surface area contributed by atoms with E-state index in [1.165, 1.54) is 38.8 Å². The minimum Gasteiger partial charge on any atom is -0.297 e. The van der Waals surface area contributed by atoms with E-state index in [4.69, 9.17) is 0 Å². The van der Waals surface area contributed by atoms with Crippen LogP contribution in [-0.4, -0.2) is 33.0 Å². The second kappa shape index (κ2) is 6.15. The smallest absolute Gasteiger partial charge is 0.0967 e. The number of piperidine rings is 1. The summed E-state index contributed by atoms with van der Waals surface area (Å²) in [5.74, 6) is 0.895. The Bertz CT molecular complexity index is 326. The van der Waals surface area contributed by atoms with Crippen LogP contribution in [0.25, 0.3) is 0 Å². The molecule has 2 heterocycles. The fourth-order valence-electron chi connectivity index (χ4n) is 2.29. The van der Waals surface area contributed by atoms with Crippen LogP contribution < -0.4 is 0 Å². The third-order valence-corrected chi connectivity index (χ3v) is 3.59. The molecule has 0 radical (unpaired) electrons. The van der Waals surface area contributed by atoms with Crippen molar-refractivity contribution in [2.75, 3.05) is 13.1 Å². The average Bonchev–Trinajstić information content (AvgIpc) is 2.77. The molecule has 0 amide bonds. The summed E-state index contributed by atoms with van der Waals surface area (Å²) in [5, 5.41) is 8.43. The Morgan fingerprint density at radius 2 is 2.12 bits per heavy atom. The van der Waals surface area contributed by atoms with E-state index in [9.17, 15) is 0 Å². The van der Waals surface area contributed by atoms with Crippen molar-refractivity contribution in [3.63, 3.8) is 0 Å². The molecule has 2 rings (SSSR count). The second-order valence-corrected chi connectivity index (χ2v) is 5.29. The summed E-state index contributed by atoms with van der Waals surface area (Å²) in [5.41, 5.74) is 1.12. The molecule has 1 aromatic heterocycles. The van der Waals surface area contributed by atoms with E-state index in [0.717, 1.165) is 24.7 Å². The average molecular weight is 236 g/mol. The highest BCUT2D eigenvalue weighted by Crippen LogP contribution is 2.17. The van der Waals surface area contributed by atoms with Crippen molar-refractivity contribution >= 4 is 0 Å². The van der Waals surface area contributed by atoms with Gasteiger partial charge in [0.1, 0.15) is 0 Å². The summed E-state index contributed by atoms with van der Waals surface area (Å²) in [7, 11) is 0. The highest BCUT2D eigenvalue weighted by atomic mass is 15.4. The zero-order valence-corrected chi connectivity index (χ0v) is 11.1. The van der Waals surface area contributed by atoms with Crippen molar-refractivity contribution < 1.29 is 0 Å². The molecule has 0 aliphatic carbocycles. The molecule has 0 unspecified atom stereocenters. The first kappa shape index (κ1) is 12.6. The van der Waals surface area contributed by atoms with E-state index >= 15 is 0 Å². The molecule has 0 bridgehead atoms. The molecule has 0 spiro atoms. The van der Waals surface area contributed by atoms with E-state index in [-0.39, 0.29) is 0 Å². The molecule has 4 heteroatoms. The number of aryl methyl sites for hydroxylation is 1. The van der Waals surface area contributed by atoms with Gasteiger partial charge < -0.3 is 0 Å². The van der Waals surface area contributed by atoms with Crippen LogP contribution in [0.1, 0.15) is 45.2 Å². The lowest BCUT2D eigenvalue weighted by Gasteiger charge is -2.29. The number of unbranched alkanes of at least 4 members (excludes halogenated alkanes) is 1. The summed E-state index contributed by atoms with van der Waals surface area (Å²) >= 11 is 0. The van der Waals surface area contributed by atoms with Crippen LogP contribution in [-0.2, 0) is 13.1 Å². The van der Waals surface area contributed by atoms with Crippen molar-refractivity contribution in [3.8, 4) is 0 Å². The molecular formula is C13H24N4. The lowest BCUT2D eigenvalue weighted by atomic mass is 9.99. The van der Waals surface area contributed by atoms with Crippen LogP contribution in [0.4, 0.5) is 0 Å². The summed E-state index contributed by atoms with van der Waals surface area (Å²) in [6, 6.07) is 0. The quantitative estimate of drug-likeness (QED) is 0.786. The van der Waals surface area contributed by atoms with Crippen molar-refractivity contribution in [2.24, 2.45) is 5.92 Å². The fourth-order valence-corrected chi connectivity index (χ4v) is 2.29. The van der Waals surface area contributed by atoms with Crippen LogP contribution in [0.3, 0.4) is 0 Å². The minimum atomic E-state index is 0.895. The second-order valence-electron chi connectivity index (χ2n) is 5.29. The lowest BCUT2D eigenvalue weighted by Crippen LogP contribution is -2.32. The summed E-state index contributed by atoms with van der Waals surface area (Å²) < 4.78 is 1.98. The Balaban J connectivity index is 1.80. The van der Waals surface area contributed by atoms with Gasteiger partial charge in [0, 0.05) is 19.3 Å². The highest BCUT2D eigenvalue weighted by molar-refractivity contribution is 4.92. The summed E-state index contributed by atoms with van der Waals surface area (Å²) in [4.78, 5) is 2.49. The van der Waals surface area contributed by atoms with Crippen LogP contribution >= 0.6 is 0 Å². The van der Waals surface area contributed by atoms with Crippen molar-refractivity contribution in [2.45, 2.75) is 52.6 Å². The number of nitrogens with zero attached hydrogens (tertiary/aromatic N) is 4. The van der Waals surface area contributed by atoms with E-state index in [1.807, 2.05) is 4.68 Å². The van der Waals surface area contributed by atoms with Gasteiger partial charge in [-0.3, -0.25) is 9.58 Å². The van der Waals surface area contributed by atoms with Gasteiger partial charge in [0.05, 0.1) is 5.69 Å². The Kier molecular flexibility index (Phi) is 4.54. The Hall–Kier alpha value is -0.900. The van der Waals surface area contributed by atoms with Gasteiger partial charge in [0.25, 0.3) is 0 Å². The molecule has 0 atom stereocenters. The van der Waals surface area contributed by atoms with E-state index in [1.54, 1.807) is 0 Å². The molecule has 17 heavy (non-hydrogen) atoms. The minimum absolute atomic E-state index is 0.895. The SMILES string of the molecule is CCCCn1cc(CN2CCC(C)CC2)nn1. The standard InChI is InChI=1S/C13H24N4/c1-3-4-7-17-11-13(14-15-17)10-16-8-5-12(2)6-9-16/h11-12H,3-10H2,1-2H3. The van der Waals surface area contributed by atoms with Crippen molar-refractivity contribution in [3.05, 3.63) is 11.9 Å². The van der Waals surface area contributed by atoms with Gasteiger partial charge in [-0.25, -0.2) is 0 Å². The van der Waals surface area contributed by atoms with Crippen LogP contribution in [0.5, 0.6) is 0 Å². The summed E-state index contributed by atoms with van der Waals surface area (Å²) in [6.07, 6.45) is 7.14.